The van der Waals surface area contributed by atoms with Gasteiger partial charge < -0.3 is 5.32 Å². The minimum absolute atomic E-state index is 0.253. The highest BCUT2D eigenvalue weighted by molar-refractivity contribution is 6.03. The van der Waals surface area contributed by atoms with Crippen molar-refractivity contribution in [1.82, 2.24) is 15.0 Å². The van der Waals surface area contributed by atoms with Crippen molar-refractivity contribution in [2.24, 2.45) is 0 Å². The van der Waals surface area contributed by atoms with Crippen LogP contribution in [0.25, 0.3) is 5.69 Å². The zero-order valence-electron chi connectivity index (χ0n) is 14.9. The number of amides is 1. The highest BCUT2D eigenvalue weighted by Gasteiger charge is 2.18. The summed E-state index contributed by atoms with van der Waals surface area (Å²) in [5.74, 6) is 0.221. The number of carbonyl (C=O) groups is 1. The predicted molar refractivity (Wildman–Crippen MR) is 99.3 cm³/mol. The van der Waals surface area contributed by atoms with Crippen molar-refractivity contribution in [2.45, 2.75) is 33.6 Å². The van der Waals surface area contributed by atoms with Crippen molar-refractivity contribution < 1.29 is 4.79 Å². The molecule has 3 rings (SSSR count). The highest BCUT2D eigenvalue weighted by Crippen LogP contribution is 2.19. The van der Waals surface area contributed by atoms with Gasteiger partial charge >= 0.3 is 0 Å². The maximum atomic E-state index is 12.5. The standard InChI is InChI=1S/C20H22N4O/c1-13(2)16-9-11-17(12-10-16)24-15(4)19(22-23-24)20(25)21-18-8-6-5-7-14(18)3/h5-13H,1-4H3,(H,21,25). The first-order valence-corrected chi connectivity index (χ1v) is 8.37. The van der Waals surface area contributed by atoms with E-state index in [0.29, 0.717) is 17.3 Å². The third-order valence-corrected chi connectivity index (χ3v) is 4.31. The average Bonchev–Trinajstić information content (AvgIpc) is 2.98. The van der Waals surface area contributed by atoms with Gasteiger partial charge in [0, 0.05) is 5.69 Å². The number of para-hydroxylation sites is 1. The minimum atomic E-state index is -0.253. The van der Waals surface area contributed by atoms with Gasteiger partial charge in [0.2, 0.25) is 0 Å². The van der Waals surface area contributed by atoms with Crippen LogP contribution in [0, 0.1) is 13.8 Å². The molecule has 1 amide bonds. The maximum absolute atomic E-state index is 12.5. The number of aromatic nitrogens is 3. The lowest BCUT2D eigenvalue weighted by Gasteiger charge is -2.08. The topological polar surface area (TPSA) is 59.8 Å². The van der Waals surface area contributed by atoms with Crippen LogP contribution < -0.4 is 5.32 Å². The molecule has 128 valence electrons. The van der Waals surface area contributed by atoms with Crippen LogP contribution in [0.1, 0.15) is 47.1 Å². The second-order valence-electron chi connectivity index (χ2n) is 6.45. The molecule has 0 aliphatic carbocycles. The van der Waals surface area contributed by atoms with Gasteiger partial charge in [0.25, 0.3) is 5.91 Å². The van der Waals surface area contributed by atoms with E-state index in [4.69, 9.17) is 0 Å². The van der Waals surface area contributed by atoms with Crippen molar-refractivity contribution in [3.8, 4) is 5.69 Å². The molecular formula is C20H22N4O. The SMILES string of the molecule is Cc1ccccc1NC(=O)c1nnn(-c2ccc(C(C)C)cc2)c1C. The van der Waals surface area contributed by atoms with Gasteiger partial charge in [-0.3, -0.25) is 4.79 Å². The molecule has 1 aromatic heterocycles. The Bertz CT molecular complexity index is 894. The van der Waals surface area contributed by atoms with E-state index in [0.717, 1.165) is 16.9 Å². The average molecular weight is 334 g/mol. The Morgan fingerprint density at radius 2 is 1.72 bits per heavy atom. The molecule has 2 aromatic carbocycles. The summed E-state index contributed by atoms with van der Waals surface area (Å²) in [6.07, 6.45) is 0. The van der Waals surface area contributed by atoms with Gasteiger partial charge in [0.15, 0.2) is 5.69 Å². The maximum Gasteiger partial charge on any atom is 0.278 e. The Morgan fingerprint density at radius 3 is 2.36 bits per heavy atom. The molecule has 0 aliphatic rings. The van der Waals surface area contributed by atoms with Crippen molar-refractivity contribution >= 4 is 11.6 Å². The van der Waals surface area contributed by atoms with E-state index in [9.17, 15) is 4.79 Å². The number of hydrogen-bond acceptors (Lipinski definition) is 3. The van der Waals surface area contributed by atoms with E-state index in [1.807, 2.05) is 50.2 Å². The van der Waals surface area contributed by atoms with Crippen molar-refractivity contribution in [2.75, 3.05) is 5.32 Å². The first kappa shape index (κ1) is 16.9. The fourth-order valence-electron chi connectivity index (χ4n) is 2.68. The lowest BCUT2D eigenvalue weighted by molar-refractivity contribution is 0.102. The molecule has 0 spiro atoms. The summed E-state index contributed by atoms with van der Waals surface area (Å²) in [6, 6.07) is 15.8. The number of rotatable bonds is 4. The second-order valence-corrected chi connectivity index (χ2v) is 6.45. The van der Waals surface area contributed by atoms with Crippen molar-refractivity contribution in [1.29, 1.82) is 0 Å². The molecule has 0 unspecified atom stereocenters. The van der Waals surface area contributed by atoms with Gasteiger partial charge in [-0.1, -0.05) is 49.4 Å². The monoisotopic (exact) mass is 334 g/mol. The van der Waals surface area contributed by atoms with Gasteiger partial charge in [-0.25, -0.2) is 4.68 Å². The van der Waals surface area contributed by atoms with E-state index in [1.165, 1.54) is 5.56 Å². The summed E-state index contributed by atoms with van der Waals surface area (Å²) in [6.45, 7) is 8.12. The number of benzene rings is 2. The lowest BCUT2D eigenvalue weighted by Crippen LogP contribution is -2.15. The number of hydrogen-bond donors (Lipinski definition) is 1. The Labute approximate surface area is 147 Å². The smallest absolute Gasteiger partial charge is 0.278 e. The quantitative estimate of drug-likeness (QED) is 0.775. The molecule has 0 saturated heterocycles. The zero-order chi connectivity index (χ0) is 18.0. The second kappa shape index (κ2) is 6.89. The summed E-state index contributed by atoms with van der Waals surface area (Å²) in [4.78, 5) is 12.5. The van der Waals surface area contributed by atoms with E-state index >= 15 is 0 Å². The van der Waals surface area contributed by atoms with Crippen LogP contribution in [0.4, 0.5) is 5.69 Å². The molecule has 0 radical (unpaired) electrons. The van der Waals surface area contributed by atoms with E-state index in [-0.39, 0.29) is 5.91 Å². The first-order chi connectivity index (χ1) is 12.0. The third kappa shape index (κ3) is 3.45. The summed E-state index contributed by atoms with van der Waals surface area (Å²) >= 11 is 0. The number of carbonyl (C=O) groups excluding carboxylic acids is 1. The van der Waals surface area contributed by atoms with Gasteiger partial charge in [-0.2, -0.15) is 0 Å². The van der Waals surface area contributed by atoms with Crippen LogP contribution in [0.2, 0.25) is 0 Å². The summed E-state index contributed by atoms with van der Waals surface area (Å²) in [5.41, 5.74) is 4.98. The van der Waals surface area contributed by atoms with E-state index in [2.05, 4.69) is 41.6 Å². The van der Waals surface area contributed by atoms with Gasteiger partial charge in [-0.05, 0) is 49.1 Å². The largest absolute Gasteiger partial charge is 0.320 e. The van der Waals surface area contributed by atoms with Crippen LogP contribution in [-0.4, -0.2) is 20.9 Å². The number of anilines is 1. The van der Waals surface area contributed by atoms with Crippen molar-refractivity contribution in [3.05, 3.63) is 71.0 Å². The summed E-state index contributed by atoms with van der Waals surface area (Å²) in [7, 11) is 0. The fourth-order valence-corrected chi connectivity index (χ4v) is 2.68. The zero-order valence-corrected chi connectivity index (χ0v) is 14.9. The molecule has 5 nitrogen and oxygen atoms in total. The molecule has 0 aliphatic heterocycles. The molecule has 25 heavy (non-hydrogen) atoms. The van der Waals surface area contributed by atoms with Gasteiger partial charge in [-0.15, -0.1) is 5.10 Å². The lowest BCUT2D eigenvalue weighted by atomic mass is 10.0. The number of aryl methyl sites for hydroxylation is 1. The number of nitrogens with zero attached hydrogens (tertiary/aromatic N) is 3. The van der Waals surface area contributed by atoms with E-state index in [1.54, 1.807) is 4.68 Å². The first-order valence-electron chi connectivity index (χ1n) is 8.37. The van der Waals surface area contributed by atoms with Crippen LogP contribution >= 0.6 is 0 Å². The van der Waals surface area contributed by atoms with Gasteiger partial charge in [0.1, 0.15) is 0 Å². The predicted octanol–water partition coefficient (Wildman–Crippen LogP) is 4.26. The molecule has 0 bridgehead atoms. The van der Waals surface area contributed by atoms with Crippen molar-refractivity contribution in [3.63, 3.8) is 0 Å². The molecule has 0 saturated carbocycles. The summed E-state index contributed by atoms with van der Waals surface area (Å²) in [5, 5.41) is 11.1. The normalized spacial score (nSPS) is 10.9. The molecule has 5 heteroatoms. The van der Waals surface area contributed by atoms with Crippen LogP contribution in [0.15, 0.2) is 48.5 Å². The van der Waals surface area contributed by atoms with Crippen LogP contribution in [-0.2, 0) is 0 Å². The molecule has 1 N–H and O–H groups in total. The molecule has 0 fully saturated rings. The fraction of sp³-hybridized carbons (Fsp3) is 0.250. The Kier molecular flexibility index (Phi) is 4.65. The summed E-state index contributed by atoms with van der Waals surface area (Å²) < 4.78 is 1.69. The number of nitrogens with one attached hydrogen (secondary N) is 1. The Hall–Kier alpha value is -2.95. The molecular weight excluding hydrogens is 312 g/mol. The molecule has 1 heterocycles. The van der Waals surface area contributed by atoms with Gasteiger partial charge in [0.05, 0.1) is 11.4 Å². The van der Waals surface area contributed by atoms with E-state index < -0.39 is 0 Å². The van der Waals surface area contributed by atoms with Crippen LogP contribution in [0.3, 0.4) is 0 Å². The minimum Gasteiger partial charge on any atom is -0.320 e. The Morgan fingerprint density at radius 1 is 1.04 bits per heavy atom. The molecule has 3 aromatic rings. The highest BCUT2D eigenvalue weighted by atomic mass is 16.2. The van der Waals surface area contributed by atoms with Crippen LogP contribution in [0.5, 0.6) is 0 Å². The third-order valence-electron chi connectivity index (χ3n) is 4.31. The molecule has 0 atom stereocenters. The Balaban J connectivity index is 1.85.